The molecule has 6 heteroatoms. The number of pyridine rings is 1. The van der Waals surface area contributed by atoms with E-state index in [1.54, 1.807) is 4.90 Å². The van der Waals surface area contributed by atoms with Crippen molar-refractivity contribution in [3.63, 3.8) is 0 Å². The molecule has 0 radical (unpaired) electrons. The molecule has 0 spiro atoms. The molecule has 4 rings (SSSR count). The highest BCUT2D eigenvalue weighted by atomic mass is 16.2. The fourth-order valence-electron chi connectivity index (χ4n) is 3.82. The van der Waals surface area contributed by atoms with E-state index in [1.807, 2.05) is 34.6 Å². The van der Waals surface area contributed by atoms with Gasteiger partial charge in [0.15, 0.2) is 0 Å². The van der Waals surface area contributed by atoms with Crippen molar-refractivity contribution in [1.82, 2.24) is 19.2 Å². The lowest BCUT2D eigenvalue weighted by atomic mass is 10.0. The van der Waals surface area contributed by atoms with Gasteiger partial charge >= 0.3 is 0 Å². The lowest BCUT2D eigenvalue weighted by Crippen LogP contribution is -2.48. The third-order valence-corrected chi connectivity index (χ3v) is 5.80. The Morgan fingerprint density at radius 1 is 1.03 bits per heavy atom. The summed E-state index contributed by atoms with van der Waals surface area (Å²) in [5.74, 6) is 0.0722. The first kappa shape index (κ1) is 19.2. The number of hydrogen-bond acceptors (Lipinski definition) is 3. The molecule has 2 amide bonds. The van der Waals surface area contributed by atoms with Crippen LogP contribution in [0.4, 0.5) is 0 Å². The van der Waals surface area contributed by atoms with Crippen LogP contribution in [0.3, 0.4) is 0 Å². The molecule has 150 valence electrons. The van der Waals surface area contributed by atoms with E-state index < -0.39 is 0 Å². The van der Waals surface area contributed by atoms with Gasteiger partial charge in [0.25, 0.3) is 0 Å². The molecule has 1 aromatic carbocycles. The van der Waals surface area contributed by atoms with Crippen LogP contribution in [-0.2, 0) is 16.0 Å². The third kappa shape index (κ3) is 3.75. The van der Waals surface area contributed by atoms with E-state index in [9.17, 15) is 9.59 Å². The van der Waals surface area contributed by atoms with E-state index in [4.69, 9.17) is 4.98 Å². The van der Waals surface area contributed by atoms with Gasteiger partial charge in [0.1, 0.15) is 5.65 Å². The van der Waals surface area contributed by atoms with E-state index in [2.05, 4.69) is 32.0 Å². The van der Waals surface area contributed by atoms with Crippen molar-refractivity contribution in [2.75, 3.05) is 26.2 Å². The zero-order chi connectivity index (χ0) is 20.5. The van der Waals surface area contributed by atoms with Gasteiger partial charge in [-0.3, -0.25) is 9.59 Å². The minimum absolute atomic E-state index is 0.0722. The van der Waals surface area contributed by atoms with Gasteiger partial charge < -0.3 is 14.2 Å². The van der Waals surface area contributed by atoms with Gasteiger partial charge in [-0.15, -0.1) is 0 Å². The lowest BCUT2D eigenvalue weighted by Gasteiger charge is -2.32. The highest BCUT2D eigenvalue weighted by Crippen LogP contribution is 2.27. The van der Waals surface area contributed by atoms with E-state index in [0.29, 0.717) is 26.2 Å². The zero-order valence-corrected chi connectivity index (χ0v) is 17.2. The van der Waals surface area contributed by atoms with Crippen LogP contribution in [0.1, 0.15) is 22.4 Å². The molecule has 29 heavy (non-hydrogen) atoms. The number of carbonyl (C=O) groups excluding carboxylic acids is 2. The van der Waals surface area contributed by atoms with E-state index in [0.717, 1.165) is 34.6 Å². The highest BCUT2D eigenvalue weighted by molar-refractivity contribution is 5.82. The summed E-state index contributed by atoms with van der Waals surface area (Å²) in [6.07, 6.45) is 3.13. The Hall–Kier alpha value is -3.15. The highest BCUT2D eigenvalue weighted by Gasteiger charge is 2.24. The van der Waals surface area contributed by atoms with Crippen LogP contribution < -0.4 is 0 Å². The number of piperazine rings is 1. The normalized spacial score (nSPS) is 14.4. The molecule has 1 aliphatic rings. The molecule has 6 nitrogen and oxygen atoms in total. The van der Waals surface area contributed by atoms with Gasteiger partial charge in [-0.2, -0.15) is 0 Å². The quantitative estimate of drug-likeness (QED) is 0.644. The van der Waals surface area contributed by atoms with E-state index in [1.165, 1.54) is 11.1 Å². The van der Waals surface area contributed by atoms with Gasteiger partial charge in [0.2, 0.25) is 12.3 Å². The van der Waals surface area contributed by atoms with Crippen molar-refractivity contribution in [3.8, 4) is 11.3 Å². The number of benzene rings is 1. The second-order valence-corrected chi connectivity index (χ2v) is 7.84. The molecule has 0 saturated carbocycles. The Labute approximate surface area is 170 Å². The average Bonchev–Trinajstić information content (AvgIpc) is 3.07. The van der Waals surface area contributed by atoms with Gasteiger partial charge in [-0.25, -0.2) is 4.98 Å². The molecule has 1 fully saturated rings. The van der Waals surface area contributed by atoms with Crippen LogP contribution in [-0.4, -0.2) is 57.7 Å². The first-order valence-corrected chi connectivity index (χ1v) is 9.98. The maximum Gasteiger partial charge on any atom is 0.228 e. The second kappa shape index (κ2) is 7.70. The lowest BCUT2D eigenvalue weighted by molar-refractivity contribution is -0.134. The molecule has 0 aliphatic carbocycles. The molecule has 3 heterocycles. The van der Waals surface area contributed by atoms with E-state index in [-0.39, 0.29) is 12.3 Å². The number of fused-ring (bicyclic) bond motifs is 1. The number of amides is 2. The van der Waals surface area contributed by atoms with Crippen LogP contribution in [0, 0.1) is 20.8 Å². The summed E-state index contributed by atoms with van der Waals surface area (Å²) in [4.78, 5) is 32.4. The Kier molecular flexibility index (Phi) is 5.09. The predicted molar refractivity (Wildman–Crippen MR) is 113 cm³/mol. The van der Waals surface area contributed by atoms with Crippen molar-refractivity contribution in [2.45, 2.75) is 27.2 Å². The standard InChI is InChI=1S/C23H26N4O2/c1-16-6-7-27-20(14-22(29)26-10-8-25(15-28)9-11-26)23(24-21(27)12-16)19-5-4-17(2)18(3)13-19/h4-7,12-13,15H,8-11,14H2,1-3H3. The van der Waals surface area contributed by atoms with Gasteiger partial charge in [0, 0.05) is 37.9 Å². The van der Waals surface area contributed by atoms with Gasteiger partial charge in [-0.05, 0) is 55.7 Å². The summed E-state index contributed by atoms with van der Waals surface area (Å²) in [7, 11) is 0. The number of imidazole rings is 1. The Balaban J connectivity index is 1.71. The molecule has 0 bridgehead atoms. The first-order valence-electron chi connectivity index (χ1n) is 9.98. The summed E-state index contributed by atoms with van der Waals surface area (Å²) in [5, 5.41) is 0. The van der Waals surface area contributed by atoms with Gasteiger partial charge in [-0.1, -0.05) is 12.1 Å². The summed E-state index contributed by atoms with van der Waals surface area (Å²) >= 11 is 0. The van der Waals surface area contributed by atoms with Gasteiger partial charge in [0.05, 0.1) is 17.8 Å². The average molecular weight is 390 g/mol. The zero-order valence-electron chi connectivity index (χ0n) is 17.2. The van der Waals surface area contributed by atoms with Crippen molar-refractivity contribution >= 4 is 18.0 Å². The molecular formula is C23H26N4O2. The SMILES string of the molecule is Cc1ccn2c(CC(=O)N3CCN(C=O)CC3)c(-c3ccc(C)c(C)c3)nc2c1. The summed E-state index contributed by atoms with van der Waals surface area (Å²) in [5.41, 5.74) is 7.23. The molecule has 0 atom stereocenters. The summed E-state index contributed by atoms with van der Waals surface area (Å²) in [6, 6.07) is 10.4. The summed E-state index contributed by atoms with van der Waals surface area (Å²) < 4.78 is 2.02. The van der Waals surface area contributed by atoms with Crippen LogP contribution in [0.15, 0.2) is 36.5 Å². The molecule has 3 aromatic rings. The predicted octanol–water partition coefficient (Wildman–Crippen LogP) is 2.77. The summed E-state index contributed by atoms with van der Waals surface area (Å²) in [6.45, 7) is 8.56. The second-order valence-electron chi connectivity index (χ2n) is 7.84. The first-order chi connectivity index (χ1) is 14.0. The number of nitrogens with zero attached hydrogens (tertiary/aromatic N) is 4. The van der Waals surface area contributed by atoms with Crippen molar-refractivity contribution in [3.05, 3.63) is 58.9 Å². The van der Waals surface area contributed by atoms with Crippen LogP contribution in [0.5, 0.6) is 0 Å². The van der Waals surface area contributed by atoms with Crippen LogP contribution in [0.2, 0.25) is 0 Å². The number of hydrogen-bond donors (Lipinski definition) is 0. The monoisotopic (exact) mass is 390 g/mol. The molecule has 1 saturated heterocycles. The van der Waals surface area contributed by atoms with Crippen LogP contribution >= 0.6 is 0 Å². The molecule has 2 aromatic heterocycles. The number of aryl methyl sites for hydroxylation is 3. The maximum atomic E-state index is 13.1. The largest absolute Gasteiger partial charge is 0.342 e. The molecule has 0 unspecified atom stereocenters. The minimum atomic E-state index is 0.0722. The third-order valence-electron chi connectivity index (χ3n) is 5.80. The smallest absolute Gasteiger partial charge is 0.228 e. The van der Waals surface area contributed by atoms with Crippen LogP contribution in [0.25, 0.3) is 16.9 Å². The van der Waals surface area contributed by atoms with Crippen molar-refractivity contribution < 1.29 is 9.59 Å². The maximum absolute atomic E-state index is 13.1. The molecular weight excluding hydrogens is 364 g/mol. The number of rotatable bonds is 4. The van der Waals surface area contributed by atoms with Crippen molar-refractivity contribution in [2.24, 2.45) is 0 Å². The topological polar surface area (TPSA) is 57.9 Å². The minimum Gasteiger partial charge on any atom is -0.342 e. The number of carbonyl (C=O) groups is 2. The Bertz CT molecular complexity index is 1080. The molecule has 0 N–H and O–H groups in total. The van der Waals surface area contributed by atoms with E-state index >= 15 is 0 Å². The Morgan fingerprint density at radius 3 is 2.48 bits per heavy atom. The molecule has 1 aliphatic heterocycles. The Morgan fingerprint density at radius 2 is 1.79 bits per heavy atom. The number of aromatic nitrogens is 2. The fourth-order valence-corrected chi connectivity index (χ4v) is 3.82. The van der Waals surface area contributed by atoms with Crippen molar-refractivity contribution in [1.29, 1.82) is 0 Å². The fraction of sp³-hybridized carbons (Fsp3) is 0.348.